The molecule has 5 nitrogen and oxygen atoms in total. The highest BCUT2D eigenvalue weighted by Gasteiger charge is 2.35. The Bertz CT molecular complexity index is 822. The van der Waals surface area contributed by atoms with Gasteiger partial charge >= 0.3 is 0 Å². The Balaban J connectivity index is 1.72. The Morgan fingerprint density at radius 2 is 2.08 bits per heavy atom. The summed E-state index contributed by atoms with van der Waals surface area (Å²) in [5.41, 5.74) is 1.58. The number of nitrogens with zero attached hydrogens (tertiary/aromatic N) is 1. The van der Waals surface area contributed by atoms with Crippen molar-refractivity contribution in [2.75, 3.05) is 23.9 Å². The molecule has 1 fully saturated rings. The lowest BCUT2D eigenvalue weighted by Gasteiger charge is -2.17. The number of amides is 2. The molecule has 0 bridgehead atoms. The number of nitrogens with one attached hydrogen (secondary N) is 1. The molecule has 1 atom stereocenters. The number of carbonyl (C=O) groups excluding carboxylic acids is 2. The van der Waals surface area contributed by atoms with E-state index in [-0.39, 0.29) is 30.5 Å². The number of methoxy groups -OCH3 is 1. The van der Waals surface area contributed by atoms with Crippen molar-refractivity contribution >= 4 is 23.2 Å². The molecule has 2 amide bonds. The number of ether oxygens (including phenoxy) is 1. The van der Waals surface area contributed by atoms with E-state index < -0.39 is 11.7 Å². The van der Waals surface area contributed by atoms with Gasteiger partial charge in [0, 0.05) is 24.7 Å². The van der Waals surface area contributed by atoms with Crippen LogP contribution in [0.5, 0.6) is 5.75 Å². The van der Waals surface area contributed by atoms with Crippen molar-refractivity contribution < 1.29 is 18.7 Å². The molecule has 1 N–H and O–H groups in total. The monoisotopic (exact) mass is 342 g/mol. The molecule has 1 unspecified atom stereocenters. The quantitative estimate of drug-likeness (QED) is 0.929. The summed E-state index contributed by atoms with van der Waals surface area (Å²) in [6, 6.07) is 11.7. The highest BCUT2D eigenvalue weighted by molar-refractivity contribution is 6.03. The lowest BCUT2D eigenvalue weighted by molar-refractivity contribution is -0.122. The van der Waals surface area contributed by atoms with Crippen molar-refractivity contribution in [2.24, 2.45) is 5.92 Å². The van der Waals surface area contributed by atoms with E-state index in [0.717, 1.165) is 5.56 Å². The summed E-state index contributed by atoms with van der Waals surface area (Å²) in [5.74, 6) is -0.874. The molecule has 2 aromatic carbocycles. The van der Waals surface area contributed by atoms with Crippen LogP contribution < -0.4 is 15.0 Å². The van der Waals surface area contributed by atoms with E-state index in [1.807, 2.05) is 0 Å². The minimum Gasteiger partial charge on any atom is -0.497 e. The van der Waals surface area contributed by atoms with E-state index in [4.69, 9.17) is 4.74 Å². The van der Waals surface area contributed by atoms with E-state index in [9.17, 15) is 14.0 Å². The molecule has 0 radical (unpaired) electrons. The van der Waals surface area contributed by atoms with Crippen molar-refractivity contribution in [3.05, 3.63) is 53.8 Å². The van der Waals surface area contributed by atoms with Gasteiger partial charge in [-0.1, -0.05) is 12.1 Å². The normalized spacial score (nSPS) is 16.8. The van der Waals surface area contributed by atoms with Crippen LogP contribution in [0.4, 0.5) is 15.8 Å². The molecule has 0 spiro atoms. The molecular formula is C19H19FN2O3. The van der Waals surface area contributed by atoms with Gasteiger partial charge in [-0.25, -0.2) is 4.39 Å². The molecule has 1 saturated heterocycles. The number of hydrogen-bond acceptors (Lipinski definition) is 3. The SMILES string of the molecule is COc1cccc(N2CC(C(=O)Nc3ccc(C)cc3F)CC2=O)c1. The second kappa shape index (κ2) is 6.93. The molecule has 1 aliphatic heterocycles. The van der Waals surface area contributed by atoms with Crippen LogP contribution >= 0.6 is 0 Å². The Hall–Kier alpha value is -2.89. The molecule has 6 heteroatoms. The van der Waals surface area contributed by atoms with Gasteiger partial charge in [-0.15, -0.1) is 0 Å². The van der Waals surface area contributed by atoms with Crippen LogP contribution in [0.1, 0.15) is 12.0 Å². The van der Waals surface area contributed by atoms with Gasteiger partial charge in [0.15, 0.2) is 0 Å². The van der Waals surface area contributed by atoms with E-state index in [1.54, 1.807) is 49.3 Å². The van der Waals surface area contributed by atoms with Gasteiger partial charge in [0.1, 0.15) is 11.6 Å². The van der Waals surface area contributed by atoms with Crippen molar-refractivity contribution in [1.82, 2.24) is 0 Å². The highest BCUT2D eigenvalue weighted by atomic mass is 19.1. The third-order valence-electron chi connectivity index (χ3n) is 4.24. The van der Waals surface area contributed by atoms with Gasteiger partial charge in [0.2, 0.25) is 11.8 Å². The molecule has 1 heterocycles. The first-order valence-corrected chi connectivity index (χ1v) is 7.99. The second-order valence-corrected chi connectivity index (χ2v) is 6.08. The molecule has 3 rings (SSSR count). The molecule has 0 aliphatic carbocycles. The van der Waals surface area contributed by atoms with Gasteiger partial charge in [-0.3, -0.25) is 9.59 Å². The lowest BCUT2D eigenvalue weighted by Crippen LogP contribution is -2.28. The number of aryl methyl sites for hydroxylation is 1. The molecule has 1 aliphatic rings. The zero-order valence-electron chi connectivity index (χ0n) is 14.1. The molecule has 2 aromatic rings. The number of rotatable bonds is 4. The third-order valence-corrected chi connectivity index (χ3v) is 4.24. The first kappa shape index (κ1) is 17.0. The van der Waals surface area contributed by atoms with E-state index in [2.05, 4.69) is 5.32 Å². The zero-order chi connectivity index (χ0) is 18.0. The number of anilines is 2. The van der Waals surface area contributed by atoms with Crippen molar-refractivity contribution in [2.45, 2.75) is 13.3 Å². The van der Waals surface area contributed by atoms with Crippen LogP contribution in [0, 0.1) is 18.7 Å². The standard InChI is InChI=1S/C19H19FN2O3/c1-12-6-7-17(16(20)8-12)21-19(24)13-9-18(23)22(11-13)14-4-3-5-15(10-14)25-2/h3-8,10,13H,9,11H2,1-2H3,(H,21,24). The number of halogens is 1. The fourth-order valence-corrected chi connectivity index (χ4v) is 2.87. The Labute approximate surface area is 145 Å². The number of hydrogen-bond donors (Lipinski definition) is 1. The largest absolute Gasteiger partial charge is 0.497 e. The van der Waals surface area contributed by atoms with Crippen LogP contribution in [0.25, 0.3) is 0 Å². The smallest absolute Gasteiger partial charge is 0.229 e. The predicted molar refractivity (Wildman–Crippen MR) is 93.2 cm³/mol. The van der Waals surface area contributed by atoms with Crippen LogP contribution in [0.15, 0.2) is 42.5 Å². The maximum absolute atomic E-state index is 13.9. The molecule has 130 valence electrons. The number of benzene rings is 2. The van der Waals surface area contributed by atoms with Crippen LogP contribution in [0.3, 0.4) is 0 Å². The molecule has 0 aromatic heterocycles. The Kier molecular flexibility index (Phi) is 4.70. The van der Waals surface area contributed by atoms with Crippen LogP contribution in [0.2, 0.25) is 0 Å². The summed E-state index contributed by atoms with van der Waals surface area (Å²) in [4.78, 5) is 26.3. The van der Waals surface area contributed by atoms with Crippen LogP contribution in [-0.4, -0.2) is 25.5 Å². The summed E-state index contributed by atoms with van der Waals surface area (Å²) < 4.78 is 19.1. The molecular weight excluding hydrogens is 323 g/mol. The lowest BCUT2D eigenvalue weighted by atomic mass is 10.1. The summed E-state index contributed by atoms with van der Waals surface area (Å²) in [5, 5.41) is 2.58. The molecule has 0 saturated carbocycles. The summed E-state index contributed by atoms with van der Waals surface area (Å²) >= 11 is 0. The van der Waals surface area contributed by atoms with Crippen molar-refractivity contribution in [3.63, 3.8) is 0 Å². The number of carbonyl (C=O) groups is 2. The first-order valence-electron chi connectivity index (χ1n) is 7.99. The fourth-order valence-electron chi connectivity index (χ4n) is 2.87. The zero-order valence-corrected chi connectivity index (χ0v) is 14.1. The topological polar surface area (TPSA) is 58.6 Å². The van der Waals surface area contributed by atoms with Gasteiger partial charge in [-0.2, -0.15) is 0 Å². The maximum atomic E-state index is 13.9. The van der Waals surface area contributed by atoms with E-state index in [1.165, 1.54) is 12.1 Å². The van der Waals surface area contributed by atoms with E-state index in [0.29, 0.717) is 11.4 Å². The van der Waals surface area contributed by atoms with Crippen molar-refractivity contribution in [3.8, 4) is 5.75 Å². The molecule has 25 heavy (non-hydrogen) atoms. The summed E-state index contributed by atoms with van der Waals surface area (Å²) in [6.07, 6.45) is 0.0938. The average molecular weight is 342 g/mol. The second-order valence-electron chi connectivity index (χ2n) is 6.08. The summed E-state index contributed by atoms with van der Waals surface area (Å²) in [7, 11) is 1.55. The minimum atomic E-state index is -0.528. The van der Waals surface area contributed by atoms with E-state index >= 15 is 0 Å². The van der Waals surface area contributed by atoms with Gasteiger partial charge in [0.25, 0.3) is 0 Å². The average Bonchev–Trinajstić information content (AvgIpc) is 2.99. The first-order chi connectivity index (χ1) is 12.0. The van der Waals surface area contributed by atoms with Gasteiger partial charge in [0.05, 0.1) is 18.7 Å². The summed E-state index contributed by atoms with van der Waals surface area (Å²) in [6.45, 7) is 2.03. The fraction of sp³-hybridized carbons (Fsp3) is 0.263. The Morgan fingerprint density at radius 1 is 1.28 bits per heavy atom. The minimum absolute atomic E-state index is 0.0938. The Morgan fingerprint density at radius 3 is 2.80 bits per heavy atom. The highest BCUT2D eigenvalue weighted by Crippen LogP contribution is 2.28. The maximum Gasteiger partial charge on any atom is 0.229 e. The third kappa shape index (κ3) is 3.63. The van der Waals surface area contributed by atoms with Crippen molar-refractivity contribution in [1.29, 1.82) is 0 Å². The van der Waals surface area contributed by atoms with Gasteiger partial charge < -0.3 is 15.0 Å². The van der Waals surface area contributed by atoms with Crippen LogP contribution in [-0.2, 0) is 9.59 Å². The predicted octanol–water partition coefficient (Wildman–Crippen LogP) is 3.13. The van der Waals surface area contributed by atoms with Gasteiger partial charge in [-0.05, 0) is 36.8 Å².